The molecule has 0 amide bonds. The molecule has 100 valence electrons. The first-order valence-corrected chi connectivity index (χ1v) is 7.78. The minimum absolute atomic E-state index is 0.136. The van der Waals surface area contributed by atoms with Crippen LogP contribution in [-0.4, -0.2) is 25.3 Å². The van der Waals surface area contributed by atoms with Crippen molar-refractivity contribution in [2.45, 2.75) is 44.0 Å². The zero-order chi connectivity index (χ0) is 13.3. The molecule has 1 fully saturated rings. The van der Waals surface area contributed by atoms with E-state index in [1.165, 1.54) is 0 Å². The van der Waals surface area contributed by atoms with Gasteiger partial charge in [0.2, 0.25) is 10.0 Å². The second-order valence-electron chi connectivity index (χ2n) is 4.90. The smallest absolute Gasteiger partial charge is 0.243 e. The van der Waals surface area contributed by atoms with E-state index in [9.17, 15) is 8.42 Å². The largest absolute Gasteiger partial charge is 0.399 e. The van der Waals surface area contributed by atoms with Crippen molar-refractivity contribution in [2.75, 3.05) is 12.3 Å². The standard InChI is InChI=1S/C13H20N2O2S/c1-3-12-5-4-6-15(12)18(16,17)13-8-10(2)7-11(14)9-13/h7-9,12H,3-6,14H2,1-2H3. The lowest BCUT2D eigenvalue weighted by Crippen LogP contribution is -2.35. The number of rotatable bonds is 3. The summed E-state index contributed by atoms with van der Waals surface area (Å²) in [6.45, 7) is 4.51. The monoisotopic (exact) mass is 268 g/mol. The van der Waals surface area contributed by atoms with Crippen LogP contribution in [0, 0.1) is 6.92 Å². The Hall–Kier alpha value is -1.07. The molecule has 1 aromatic carbocycles. The molecule has 0 spiro atoms. The number of nitrogen functional groups attached to an aromatic ring is 1. The summed E-state index contributed by atoms with van der Waals surface area (Å²) in [5, 5.41) is 0. The summed E-state index contributed by atoms with van der Waals surface area (Å²) in [4.78, 5) is 0.320. The Bertz CT molecular complexity index is 520. The van der Waals surface area contributed by atoms with E-state index in [0.29, 0.717) is 17.1 Å². The van der Waals surface area contributed by atoms with E-state index >= 15 is 0 Å². The molecule has 2 N–H and O–H groups in total. The molecule has 5 heteroatoms. The molecule has 0 aliphatic carbocycles. The number of nitrogens with two attached hydrogens (primary N) is 1. The molecule has 1 saturated heterocycles. The maximum atomic E-state index is 12.6. The molecule has 4 nitrogen and oxygen atoms in total. The summed E-state index contributed by atoms with van der Waals surface area (Å²) in [5.41, 5.74) is 7.12. The van der Waals surface area contributed by atoms with E-state index in [1.54, 1.807) is 22.5 Å². The van der Waals surface area contributed by atoms with Crippen LogP contribution in [-0.2, 0) is 10.0 Å². The average molecular weight is 268 g/mol. The fourth-order valence-corrected chi connectivity index (χ4v) is 4.50. The minimum Gasteiger partial charge on any atom is -0.399 e. The number of sulfonamides is 1. The van der Waals surface area contributed by atoms with Crippen LogP contribution in [0.4, 0.5) is 5.69 Å². The number of hydrogen-bond acceptors (Lipinski definition) is 3. The van der Waals surface area contributed by atoms with E-state index < -0.39 is 10.0 Å². The zero-order valence-electron chi connectivity index (χ0n) is 10.9. The Morgan fingerprint density at radius 2 is 2.11 bits per heavy atom. The number of benzene rings is 1. The first-order valence-electron chi connectivity index (χ1n) is 6.34. The van der Waals surface area contributed by atoms with Crippen molar-refractivity contribution in [3.8, 4) is 0 Å². The summed E-state index contributed by atoms with van der Waals surface area (Å²) in [5.74, 6) is 0. The van der Waals surface area contributed by atoms with Crippen LogP contribution >= 0.6 is 0 Å². The Balaban J connectivity index is 2.41. The van der Waals surface area contributed by atoms with Crippen molar-refractivity contribution >= 4 is 15.7 Å². The zero-order valence-corrected chi connectivity index (χ0v) is 11.7. The normalized spacial score (nSPS) is 21.3. The van der Waals surface area contributed by atoms with E-state index in [1.807, 2.05) is 13.8 Å². The summed E-state index contributed by atoms with van der Waals surface area (Å²) < 4.78 is 26.8. The third-order valence-electron chi connectivity index (χ3n) is 3.47. The minimum atomic E-state index is -3.39. The van der Waals surface area contributed by atoms with Crippen LogP contribution in [0.1, 0.15) is 31.7 Å². The van der Waals surface area contributed by atoms with Crippen LogP contribution < -0.4 is 5.73 Å². The number of hydrogen-bond donors (Lipinski definition) is 1. The molecule has 1 aliphatic heterocycles. The highest BCUT2D eigenvalue weighted by molar-refractivity contribution is 7.89. The molecular formula is C13H20N2O2S. The predicted molar refractivity (Wildman–Crippen MR) is 72.8 cm³/mol. The van der Waals surface area contributed by atoms with Gasteiger partial charge < -0.3 is 5.73 Å². The fourth-order valence-electron chi connectivity index (χ4n) is 2.59. The Kier molecular flexibility index (Phi) is 3.64. The highest BCUT2D eigenvalue weighted by Crippen LogP contribution is 2.28. The van der Waals surface area contributed by atoms with Gasteiger partial charge in [0, 0.05) is 18.3 Å². The topological polar surface area (TPSA) is 63.4 Å². The molecule has 0 radical (unpaired) electrons. The van der Waals surface area contributed by atoms with Crippen LogP contribution in [0.5, 0.6) is 0 Å². The lowest BCUT2D eigenvalue weighted by atomic mass is 10.2. The van der Waals surface area contributed by atoms with Gasteiger partial charge in [0.1, 0.15) is 0 Å². The quantitative estimate of drug-likeness (QED) is 0.854. The molecule has 1 heterocycles. The molecule has 0 saturated carbocycles. The lowest BCUT2D eigenvalue weighted by molar-refractivity contribution is 0.379. The van der Waals surface area contributed by atoms with Crippen LogP contribution in [0.25, 0.3) is 0 Å². The predicted octanol–water partition coefficient (Wildman–Crippen LogP) is 2.14. The van der Waals surface area contributed by atoms with E-state index in [0.717, 1.165) is 24.8 Å². The molecule has 1 aromatic rings. The van der Waals surface area contributed by atoms with Gasteiger partial charge in [-0.25, -0.2) is 8.42 Å². The molecule has 2 rings (SSSR count). The van der Waals surface area contributed by atoms with Gasteiger partial charge in [-0.2, -0.15) is 4.31 Å². The summed E-state index contributed by atoms with van der Waals surface area (Å²) in [7, 11) is -3.39. The second kappa shape index (κ2) is 4.90. The van der Waals surface area contributed by atoms with Crippen LogP contribution in [0.15, 0.2) is 23.1 Å². The maximum Gasteiger partial charge on any atom is 0.243 e. The maximum absolute atomic E-state index is 12.6. The lowest BCUT2D eigenvalue weighted by Gasteiger charge is -2.23. The van der Waals surface area contributed by atoms with Crippen molar-refractivity contribution in [2.24, 2.45) is 0 Å². The van der Waals surface area contributed by atoms with Gasteiger partial charge in [-0.1, -0.05) is 6.92 Å². The van der Waals surface area contributed by atoms with E-state index in [-0.39, 0.29) is 6.04 Å². The molecule has 18 heavy (non-hydrogen) atoms. The van der Waals surface area contributed by atoms with E-state index in [2.05, 4.69) is 0 Å². The van der Waals surface area contributed by atoms with Crippen molar-refractivity contribution < 1.29 is 8.42 Å². The van der Waals surface area contributed by atoms with Crippen molar-refractivity contribution in [3.63, 3.8) is 0 Å². The highest BCUT2D eigenvalue weighted by Gasteiger charge is 2.34. The summed E-state index contributed by atoms with van der Waals surface area (Å²) in [6.07, 6.45) is 2.76. The van der Waals surface area contributed by atoms with Gasteiger partial charge in [0.15, 0.2) is 0 Å². The molecule has 0 bridgehead atoms. The van der Waals surface area contributed by atoms with Crippen molar-refractivity contribution in [1.82, 2.24) is 4.31 Å². The second-order valence-corrected chi connectivity index (χ2v) is 6.79. The first kappa shape index (κ1) is 13.4. The van der Waals surface area contributed by atoms with Gasteiger partial charge in [-0.05, 0) is 49.9 Å². The van der Waals surface area contributed by atoms with Crippen molar-refractivity contribution in [1.29, 1.82) is 0 Å². The third kappa shape index (κ3) is 2.37. The number of aryl methyl sites for hydroxylation is 1. The van der Waals surface area contributed by atoms with E-state index in [4.69, 9.17) is 5.73 Å². The fraction of sp³-hybridized carbons (Fsp3) is 0.538. The van der Waals surface area contributed by atoms with Crippen LogP contribution in [0.3, 0.4) is 0 Å². The molecule has 1 aliphatic rings. The first-order chi connectivity index (χ1) is 8.45. The third-order valence-corrected chi connectivity index (χ3v) is 5.40. The summed E-state index contributed by atoms with van der Waals surface area (Å²) >= 11 is 0. The molecule has 1 unspecified atom stereocenters. The molecule has 1 atom stereocenters. The van der Waals surface area contributed by atoms with Gasteiger partial charge in [0.05, 0.1) is 4.90 Å². The van der Waals surface area contributed by atoms with Gasteiger partial charge >= 0.3 is 0 Å². The van der Waals surface area contributed by atoms with Gasteiger partial charge in [0.25, 0.3) is 0 Å². The van der Waals surface area contributed by atoms with Gasteiger partial charge in [-0.3, -0.25) is 0 Å². The highest BCUT2D eigenvalue weighted by atomic mass is 32.2. The Labute approximate surface area is 109 Å². The van der Waals surface area contributed by atoms with Gasteiger partial charge in [-0.15, -0.1) is 0 Å². The Morgan fingerprint density at radius 1 is 1.39 bits per heavy atom. The molecular weight excluding hydrogens is 248 g/mol. The van der Waals surface area contributed by atoms with Crippen molar-refractivity contribution in [3.05, 3.63) is 23.8 Å². The summed E-state index contributed by atoms with van der Waals surface area (Å²) in [6, 6.07) is 5.15. The average Bonchev–Trinajstić information content (AvgIpc) is 2.76. The van der Waals surface area contributed by atoms with Crippen LogP contribution in [0.2, 0.25) is 0 Å². The molecule has 0 aromatic heterocycles. The Morgan fingerprint density at radius 3 is 2.72 bits per heavy atom. The SMILES string of the molecule is CCC1CCCN1S(=O)(=O)c1cc(C)cc(N)c1. The number of anilines is 1. The number of nitrogens with zero attached hydrogens (tertiary/aromatic N) is 1.